The predicted molar refractivity (Wildman–Crippen MR) is 182 cm³/mol. The van der Waals surface area contributed by atoms with Crippen LogP contribution in [0.5, 0.6) is 0 Å². The lowest BCUT2D eigenvalue weighted by Gasteiger charge is -2.22. The maximum atomic E-state index is 13.9. The van der Waals surface area contributed by atoms with Crippen molar-refractivity contribution in [3.63, 3.8) is 0 Å². The number of aryl methyl sites for hydroxylation is 1. The number of aromatic nitrogens is 4. The van der Waals surface area contributed by atoms with Crippen LogP contribution in [0.4, 0.5) is 4.39 Å². The van der Waals surface area contributed by atoms with Crippen LogP contribution in [0.15, 0.2) is 109 Å². The average Bonchev–Trinajstić information content (AvgIpc) is 3.66. The molecule has 7 rings (SSSR count). The fourth-order valence-electron chi connectivity index (χ4n) is 6.18. The summed E-state index contributed by atoms with van der Waals surface area (Å²) < 4.78 is 44.7. The number of halogens is 2. The number of nitrogens with one attached hydrogen (secondary N) is 1. The zero-order valence-corrected chi connectivity index (χ0v) is 27.1. The minimum Gasteiger partial charge on any atom is -0.317 e. The van der Waals surface area contributed by atoms with Crippen molar-refractivity contribution in [3.8, 4) is 22.3 Å². The molecule has 0 radical (unpaired) electrons. The first kappa shape index (κ1) is 31.7. The van der Waals surface area contributed by atoms with Gasteiger partial charge in [-0.3, -0.25) is 4.68 Å². The summed E-state index contributed by atoms with van der Waals surface area (Å²) in [5, 5.41) is 8.67. The summed E-state index contributed by atoms with van der Waals surface area (Å²) in [6.45, 7) is 4.43. The minimum absolute atomic E-state index is 0. The molecule has 236 valence electrons. The molecule has 0 aliphatic carbocycles. The highest BCUT2D eigenvalue weighted by molar-refractivity contribution is 7.90. The van der Waals surface area contributed by atoms with Gasteiger partial charge in [0.25, 0.3) is 10.0 Å². The van der Waals surface area contributed by atoms with Crippen molar-refractivity contribution in [3.05, 3.63) is 126 Å². The van der Waals surface area contributed by atoms with Crippen molar-refractivity contribution in [1.29, 1.82) is 0 Å². The lowest BCUT2D eigenvalue weighted by molar-refractivity contribution is 0.373. The highest BCUT2D eigenvalue weighted by Gasteiger charge is 2.24. The second-order valence-electron chi connectivity index (χ2n) is 11.9. The smallest absolute Gasteiger partial charge is 0.269 e. The Morgan fingerprint density at radius 1 is 0.870 bits per heavy atom. The van der Waals surface area contributed by atoms with Gasteiger partial charge >= 0.3 is 0 Å². The number of fused-ring (bicyclic) bond motifs is 1. The Labute approximate surface area is 274 Å². The Morgan fingerprint density at radius 3 is 2.41 bits per heavy atom. The van der Waals surface area contributed by atoms with E-state index in [2.05, 4.69) is 34.7 Å². The lowest BCUT2D eigenvalue weighted by Crippen LogP contribution is -2.28. The fraction of sp³-hybridized carbons (Fsp3) is 0.222. The molecular formula is C36H35ClFN5O2S. The Bertz CT molecular complexity index is 2100. The maximum absolute atomic E-state index is 13.9. The third-order valence-electron chi connectivity index (χ3n) is 8.61. The monoisotopic (exact) mass is 655 g/mol. The zero-order chi connectivity index (χ0) is 31.0. The van der Waals surface area contributed by atoms with Gasteiger partial charge in [-0.25, -0.2) is 21.8 Å². The second kappa shape index (κ2) is 13.2. The van der Waals surface area contributed by atoms with Gasteiger partial charge in [0.1, 0.15) is 5.82 Å². The molecule has 0 unspecified atom stereocenters. The summed E-state index contributed by atoms with van der Waals surface area (Å²) in [7, 11) is -3.94. The first-order valence-electron chi connectivity index (χ1n) is 15.2. The molecule has 7 nitrogen and oxygen atoms in total. The summed E-state index contributed by atoms with van der Waals surface area (Å²) in [6, 6.07) is 23.8. The first-order valence-corrected chi connectivity index (χ1v) is 16.7. The van der Waals surface area contributed by atoms with Crippen LogP contribution < -0.4 is 5.32 Å². The number of piperidine rings is 1. The highest BCUT2D eigenvalue weighted by Crippen LogP contribution is 2.35. The van der Waals surface area contributed by atoms with E-state index in [1.807, 2.05) is 25.3 Å². The summed E-state index contributed by atoms with van der Waals surface area (Å²) >= 11 is 0. The van der Waals surface area contributed by atoms with Crippen LogP contribution in [0.2, 0.25) is 0 Å². The molecule has 6 aromatic rings. The van der Waals surface area contributed by atoms with E-state index in [-0.39, 0.29) is 23.1 Å². The van der Waals surface area contributed by atoms with Crippen molar-refractivity contribution in [2.45, 2.75) is 37.6 Å². The minimum atomic E-state index is -3.94. The fourth-order valence-corrected chi connectivity index (χ4v) is 7.51. The van der Waals surface area contributed by atoms with Crippen LogP contribution in [0.1, 0.15) is 29.5 Å². The summed E-state index contributed by atoms with van der Waals surface area (Å²) in [6.07, 6.45) is 10.3. The van der Waals surface area contributed by atoms with Gasteiger partial charge < -0.3 is 5.32 Å². The molecule has 0 bridgehead atoms. The molecule has 1 saturated heterocycles. The molecule has 3 aromatic heterocycles. The van der Waals surface area contributed by atoms with Crippen LogP contribution in [0.25, 0.3) is 33.3 Å². The van der Waals surface area contributed by atoms with E-state index in [4.69, 9.17) is 4.98 Å². The van der Waals surface area contributed by atoms with Crippen LogP contribution in [0, 0.1) is 18.7 Å². The number of hydrogen-bond donors (Lipinski definition) is 1. The van der Waals surface area contributed by atoms with Crippen molar-refractivity contribution in [1.82, 2.24) is 24.1 Å². The van der Waals surface area contributed by atoms with Crippen LogP contribution >= 0.6 is 12.4 Å². The summed E-state index contributed by atoms with van der Waals surface area (Å²) in [5.41, 5.74) is 6.78. The van der Waals surface area contributed by atoms with Crippen LogP contribution in [0.3, 0.4) is 0 Å². The van der Waals surface area contributed by atoms with Gasteiger partial charge in [0.15, 0.2) is 5.65 Å². The molecule has 0 atom stereocenters. The molecule has 10 heteroatoms. The average molecular weight is 656 g/mol. The highest BCUT2D eigenvalue weighted by atomic mass is 35.5. The van der Waals surface area contributed by atoms with E-state index in [0.717, 1.165) is 47.3 Å². The van der Waals surface area contributed by atoms with Crippen molar-refractivity contribution >= 4 is 33.5 Å². The van der Waals surface area contributed by atoms with E-state index in [9.17, 15) is 12.8 Å². The standard InChI is InChI=1S/C36H34FN5O2S.ClH/c1-25-8-10-33(11-9-25)45(43,44)42-24-35(31-21-40-41(23-31)22-28-5-3-7-32(37)18-28)34-19-30(20-39-36(34)42)29-6-2-4-27(17-29)16-26-12-14-38-15-13-26;/h2-11,17-21,23-24,26,38H,12-16,22H2,1H3;1H. The molecule has 0 saturated carbocycles. The molecule has 1 aliphatic heterocycles. The Balaban J connectivity index is 0.00000372. The van der Waals surface area contributed by atoms with Crippen LogP contribution in [-0.2, 0) is 23.0 Å². The summed E-state index contributed by atoms with van der Waals surface area (Å²) in [5.74, 6) is 0.362. The normalized spacial score (nSPS) is 14.0. The Kier molecular flexibility index (Phi) is 9.08. The number of rotatable bonds is 8. The second-order valence-corrected chi connectivity index (χ2v) is 13.7. The van der Waals surface area contributed by atoms with E-state index < -0.39 is 10.0 Å². The van der Waals surface area contributed by atoms with Gasteiger partial charge in [-0.15, -0.1) is 12.4 Å². The van der Waals surface area contributed by atoms with E-state index in [0.29, 0.717) is 29.1 Å². The van der Waals surface area contributed by atoms with Crippen molar-refractivity contribution < 1.29 is 12.8 Å². The maximum Gasteiger partial charge on any atom is 0.269 e. The third-order valence-corrected chi connectivity index (χ3v) is 10.3. The van der Waals surface area contributed by atoms with Crippen molar-refractivity contribution in [2.24, 2.45) is 5.92 Å². The van der Waals surface area contributed by atoms with E-state index >= 15 is 0 Å². The van der Waals surface area contributed by atoms with Gasteiger partial charge in [0.05, 0.1) is 17.6 Å². The molecule has 4 heterocycles. The summed E-state index contributed by atoms with van der Waals surface area (Å²) in [4.78, 5) is 4.94. The molecule has 0 amide bonds. The molecule has 1 fully saturated rings. The van der Waals surface area contributed by atoms with Gasteiger partial charge in [-0.05, 0) is 92.2 Å². The number of hydrogen-bond acceptors (Lipinski definition) is 5. The number of pyridine rings is 1. The van der Waals surface area contributed by atoms with Gasteiger partial charge in [0, 0.05) is 40.7 Å². The van der Waals surface area contributed by atoms with Crippen LogP contribution in [-0.4, -0.2) is 40.2 Å². The Morgan fingerprint density at radius 2 is 1.63 bits per heavy atom. The molecule has 1 aliphatic rings. The molecule has 3 aromatic carbocycles. The van der Waals surface area contributed by atoms with E-state index in [1.54, 1.807) is 53.6 Å². The van der Waals surface area contributed by atoms with Gasteiger partial charge in [-0.2, -0.15) is 5.10 Å². The molecule has 1 N–H and O–H groups in total. The van der Waals surface area contributed by atoms with Gasteiger partial charge in [0.2, 0.25) is 0 Å². The Hall–Kier alpha value is -4.31. The number of benzene rings is 3. The van der Waals surface area contributed by atoms with Gasteiger partial charge in [-0.1, -0.05) is 54.1 Å². The topological polar surface area (TPSA) is 81.8 Å². The van der Waals surface area contributed by atoms with Crippen molar-refractivity contribution in [2.75, 3.05) is 13.1 Å². The number of nitrogens with zero attached hydrogens (tertiary/aromatic N) is 4. The molecule has 46 heavy (non-hydrogen) atoms. The molecular weight excluding hydrogens is 621 g/mol. The SMILES string of the molecule is Cc1ccc(S(=O)(=O)n2cc(-c3cnn(Cc4cccc(F)c4)c3)c3cc(-c4cccc(CC5CCNCC5)c4)cnc32)cc1.Cl. The molecule has 0 spiro atoms. The third kappa shape index (κ3) is 6.49. The predicted octanol–water partition coefficient (Wildman–Crippen LogP) is 7.26. The quantitative estimate of drug-likeness (QED) is 0.187. The van der Waals surface area contributed by atoms with E-state index in [1.165, 1.54) is 34.5 Å². The largest absolute Gasteiger partial charge is 0.317 e. The first-order chi connectivity index (χ1) is 21.8. The zero-order valence-electron chi connectivity index (χ0n) is 25.4. The lowest BCUT2D eigenvalue weighted by atomic mass is 9.90.